The van der Waals surface area contributed by atoms with Crippen LogP contribution >= 0.6 is 0 Å². The van der Waals surface area contributed by atoms with Crippen molar-refractivity contribution in [2.24, 2.45) is 11.8 Å². The molecule has 1 heterocycles. The van der Waals surface area contributed by atoms with E-state index in [9.17, 15) is 9.90 Å². The highest BCUT2D eigenvalue weighted by Crippen LogP contribution is 2.43. The van der Waals surface area contributed by atoms with Crippen LogP contribution in [0.3, 0.4) is 0 Å². The summed E-state index contributed by atoms with van der Waals surface area (Å²) in [5, 5.41) is 10.5. The van der Waals surface area contributed by atoms with Gasteiger partial charge in [0.15, 0.2) is 5.78 Å². The van der Waals surface area contributed by atoms with Crippen molar-refractivity contribution in [3.8, 4) is 0 Å². The Morgan fingerprint density at radius 3 is 2.65 bits per heavy atom. The summed E-state index contributed by atoms with van der Waals surface area (Å²) in [5.41, 5.74) is -0.00400. The molecule has 1 fully saturated rings. The van der Waals surface area contributed by atoms with E-state index in [1.807, 2.05) is 19.9 Å². The Bertz CT molecular complexity index is 501. The smallest absolute Gasteiger partial charge is 0.168 e. The Labute approximate surface area is 140 Å². The first kappa shape index (κ1) is 18.4. The average Bonchev–Trinajstić information content (AvgIpc) is 3.09. The van der Waals surface area contributed by atoms with Crippen molar-refractivity contribution in [1.29, 1.82) is 0 Å². The minimum atomic E-state index is -0.791. The van der Waals surface area contributed by atoms with Crippen LogP contribution in [-0.4, -0.2) is 28.2 Å². The number of epoxide rings is 1. The summed E-state index contributed by atoms with van der Waals surface area (Å²) in [6.07, 6.45) is 9.77. The third-order valence-electron chi connectivity index (χ3n) is 5.31. The first-order valence-corrected chi connectivity index (χ1v) is 8.91. The van der Waals surface area contributed by atoms with Gasteiger partial charge in [0.05, 0.1) is 11.2 Å². The molecule has 1 N–H and O–H groups in total. The first-order chi connectivity index (χ1) is 10.6. The number of allylic oxidation sites excluding steroid dienone is 3. The molecule has 130 valence electrons. The molecule has 1 aliphatic carbocycles. The van der Waals surface area contributed by atoms with Gasteiger partial charge in [-0.25, -0.2) is 0 Å². The lowest BCUT2D eigenvalue weighted by Gasteiger charge is -2.23. The van der Waals surface area contributed by atoms with Gasteiger partial charge in [0.2, 0.25) is 0 Å². The fourth-order valence-electron chi connectivity index (χ4n) is 3.40. The highest BCUT2D eigenvalue weighted by atomic mass is 16.6. The molecule has 0 saturated carbocycles. The summed E-state index contributed by atoms with van der Waals surface area (Å²) in [6, 6.07) is 0. The zero-order chi connectivity index (χ0) is 17.3. The normalized spacial score (nSPS) is 43.3. The molecule has 3 nitrogen and oxygen atoms in total. The molecule has 1 aliphatic heterocycles. The van der Waals surface area contributed by atoms with Crippen LogP contribution in [0.5, 0.6) is 0 Å². The first-order valence-electron chi connectivity index (χ1n) is 8.91. The van der Waals surface area contributed by atoms with Crippen LogP contribution in [-0.2, 0) is 9.53 Å². The second-order valence-corrected chi connectivity index (χ2v) is 8.21. The van der Waals surface area contributed by atoms with Crippen LogP contribution in [0.2, 0.25) is 0 Å². The molecule has 0 aromatic rings. The molecule has 3 heteroatoms. The van der Waals surface area contributed by atoms with E-state index in [0.29, 0.717) is 24.7 Å². The third kappa shape index (κ3) is 5.02. The Kier molecular flexibility index (Phi) is 5.52. The van der Waals surface area contributed by atoms with Gasteiger partial charge < -0.3 is 9.84 Å². The summed E-state index contributed by atoms with van der Waals surface area (Å²) in [7, 11) is 0. The van der Waals surface area contributed by atoms with Crippen molar-refractivity contribution in [3.05, 3.63) is 23.8 Å². The van der Waals surface area contributed by atoms with Crippen LogP contribution in [0.25, 0.3) is 0 Å². The fraction of sp³-hybridized carbons (Fsp3) is 0.750. The quantitative estimate of drug-likeness (QED) is 0.582. The molecule has 4 atom stereocenters. The molecule has 0 aromatic carbocycles. The molecule has 0 aromatic heterocycles. The predicted molar refractivity (Wildman–Crippen MR) is 93.2 cm³/mol. The number of ether oxygens (including phenoxy) is 1. The highest BCUT2D eigenvalue weighted by Gasteiger charge is 2.55. The number of Topliss-reactive ketones (excluding diaryl/α,β-unsaturated/α-hetero) is 1. The van der Waals surface area contributed by atoms with E-state index in [2.05, 4.69) is 32.9 Å². The molecule has 0 spiro atoms. The van der Waals surface area contributed by atoms with Crippen LogP contribution in [0.15, 0.2) is 23.8 Å². The molecule has 23 heavy (non-hydrogen) atoms. The number of hydrogen-bond acceptors (Lipinski definition) is 3. The van der Waals surface area contributed by atoms with Gasteiger partial charge in [0.1, 0.15) is 6.10 Å². The van der Waals surface area contributed by atoms with Crippen molar-refractivity contribution >= 4 is 5.78 Å². The molecule has 2 aliphatic rings. The summed E-state index contributed by atoms with van der Waals surface area (Å²) in [4.78, 5) is 12.4. The number of carbonyl (C=O) groups is 1. The maximum absolute atomic E-state index is 12.4. The van der Waals surface area contributed by atoms with Gasteiger partial charge >= 0.3 is 0 Å². The topological polar surface area (TPSA) is 49.8 Å². The van der Waals surface area contributed by atoms with Gasteiger partial charge in [-0.1, -0.05) is 37.6 Å². The molecular weight excluding hydrogens is 288 g/mol. The zero-order valence-corrected chi connectivity index (χ0v) is 15.3. The second-order valence-electron chi connectivity index (χ2n) is 8.21. The van der Waals surface area contributed by atoms with E-state index in [-0.39, 0.29) is 17.5 Å². The van der Waals surface area contributed by atoms with Gasteiger partial charge in [-0.2, -0.15) is 0 Å². The minimum absolute atomic E-state index is 0.196. The van der Waals surface area contributed by atoms with E-state index in [1.165, 1.54) is 0 Å². The molecule has 0 unspecified atom stereocenters. The van der Waals surface area contributed by atoms with Crippen molar-refractivity contribution in [1.82, 2.24) is 0 Å². The SMILES string of the molecule is C/C1=C\CC[C@@](C)(O)/C=C/[C@H](C(C)C)CC[C@@]2(C)O[C@@H]2C(=O)C1. The minimum Gasteiger partial charge on any atom is -0.386 e. The number of ketones is 1. The van der Waals surface area contributed by atoms with Crippen LogP contribution < -0.4 is 0 Å². The number of carbonyl (C=O) groups excluding carboxylic acids is 1. The Morgan fingerprint density at radius 1 is 1.30 bits per heavy atom. The Balaban J connectivity index is 2.18. The van der Waals surface area contributed by atoms with Crippen LogP contribution in [0, 0.1) is 11.8 Å². The molecule has 2 rings (SSSR count). The Hall–Kier alpha value is -0.930. The van der Waals surface area contributed by atoms with Crippen molar-refractivity contribution in [2.45, 2.75) is 84.0 Å². The lowest BCUT2D eigenvalue weighted by Crippen LogP contribution is -2.23. The fourth-order valence-corrected chi connectivity index (χ4v) is 3.40. The van der Waals surface area contributed by atoms with Crippen LogP contribution in [0.4, 0.5) is 0 Å². The molecular formula is C20H32O3. The van der Waals surface area contributed by atoms with Crippen molar-refractivity contribution in [3.63, 3.8) is 0 Å². The molecule has 1 saturated heterocycles. The van der Waals surface area contributed by atoms with E-state index in [1.54, 1.807) is 0 Å². The summed E-state index contributed by atoms with van der Waals surface area (Å²) < 4.78 is 5.76. The maximum Gasteiger partial charge on any atom is 0.168 e. The largest absolute Gasteiger partial charge is 0.386 e. The molecule has 0 bridgehead atoms. The zero-order valence-electron chi connectivity index (χ0n) is 15.3. The van der Waals surface area contributed by atoms with E-state index >= 15 is 0 Å². The molecule has 0 radical (unpaired) electrons. The van der Waals surface area contributed by atoms with Gasteiger partial charge in [-0.3, -0.25) is 4.79 Å². The third-order valence-corrected chi connectivity index (χ3v) is 5.31. The van der Waals surface area contributed by atoms with E-state index in [0.717, 1.165) is 24.8 Å². The van der Waals surface area contributed by atoms with Gasteiger partial charge in [-0.05, 0) is 58.3 Å². The summed E-state index contributed by atoms with van der Waals surface area (Å²) in [6.45, 7) is 10.3. The second kappa shape index (κ2) is 6.90. The molecule has 0 amide bonds. The lowest BCUT2D eigenvalue weighted by molar-refractivity contribution is -0.119. The monoisotopic (exact) mass is 320 g/mol. The van der Waals surface area contributed by atoms with Gasteiger partial charge in [-0.15, -0.1) is 0 Å². The average molecular weight is 320 g/mol. The number of aliphatic hydroxyl groups is 1. The number of fused-ring (bicyclic) bond motifs is 1. The van der Waals surface area contributed by atoms with E-state index < -0.39 is 5.60 Å². The highest BCUT2D eigenvalue weighted by molar-refractivity contribution is 5.88. The maximum atomic E-state index is 12.4. The summed E-state index contributed by atoms with van der Waals surface area (Å²) >= 11 is 0. The summed E-state index contributed by atoms with van der Waals surface area (Å²) in [5.74, 6) is 1.11. The Morgan fingerprint density at radius 2 is 2.00 bits per heavy atom. The lowest BCUT2D eigenvalue weighted by atomic mass is 9.84. The van der Waals surface area contributed by atoms with Gasteiger partial charge in [0, 0.05) is 6.42 Å². The van der Waals surface area contributed by atoms with E-state index in [4.69, 9.17) is 4.74 Å². The van der Waals surface area contributed by atoms with Crippen LogP contribution in [0.1, 0.15) is 66.7 Å². The van der Waals surface area contributed by atoms with Crippen molar-refractivity contribution < 1.29 is 14.6 Å². The number of hydrogen-bond donors (Lipinski definition) is 1. The number of rotatable bonds is 1. The predicted octanol–water partition coefficient (Wildman–Crippen LogP) is 4.20. The van der Waals surface area contributed by atoms with Gasteiger partial charge in [0.25, 0.3) is 0 Å². The van der Waals surface area contributed by atoms with Crippen molar-refractivity contribution in [2.75, 3.05) is 0 Å². The standard InChI is InChI=1S/C20H32O3/c1-14(2)16-8-11-19(4,22)10-6-7-15(3)13-17(21)18-20(5,23-18)12-9-16/h7-8,11,14,16,18,22H,6,9-10,12-13H2,1-5H3/b11-8+,15-7+/t16-,18+,19+,20+/m0/s1.